The Bertz CT molecular complexity index is 239. The van der Waals surface area contributed by atoms with E-state index in [4.69, 9.17) is 5.84 Å². The monoisotopic (exact) mass is 222 g/mol. The maximum Gasteiger partial charge on any atom is 0.147 e. The standard InChI is InChI=1S/C9H22N2O2S/c1-4-8(2)9(11-10)6-5-7-14(3,12)13/h8-9,11H,4-7,10H2,1-3H3. The summed E-state index contributed by atoms with van der Waals surface area (Å²) in [5, 5.41) is 0. The van der Waals surface area contributed by atoms with E-state index in [-0.39, 0.29) is 11.8 Å². The topological polar surface area (TPSA) is 72.2 Å². The largest absolute Gasteiger partial charge is 0.271 e. The van der Waals surface area contributed by atoms with Crippen molar-refractivity contribution < 1.29 is 8.42 Å². The SMILES string of the molecule is CCC(C)C(CCCS(C)(=O)=O)NN. The minimum absolute atomic E-state index is 0.224. The Labute approximate surface area is 87.1 Å². The molecule has 0 fully saturated rings. The summed E-state index contributed by atoms with van der Waals surface area (Å²) in [6.07, 6.45) is 3.81. The Hall–Kier alpha value is -0.130. The van der Waals surface area contributed by atoms with Gasteiger partial charge in [0.05, 0.1) is 0 Å². The summed E-state index contributed by atoms with van der Waals surface area (Å²) in [6, 6.07) is 0.224. The number of sulfone groups is 1. The summed E-state index contributed by atoms with van der Waals surface area (Å²) in [4.78, 5) is 0. The van der Waals surface area contributed by atoms with E-state index in [0.29, 0.717) is 12.3 Å². The minimum Gasteiger partial charge on any atom is -0.271 e. The zero-order chi connectivity index (χ0) is 11.2. The Morgan fingerprint density at radius 2 is 2.00 bits per heavy atom. The van der Waals surface area contributed by atoms with Gasteiger partial charge >= 0.3 is 0 Å². The van der Waals surface area contributed by atoms with Gasteiger partial charge in [-0.25, -0.2) is 8.42 Å². The van der Waals surface area contributed by atoms with E-state index in [0.717, 1.165) is 12.8 Å². The lowest BCUT2D eigenvalue weighted by molar-refractivity contribution is 0.350. The van der Waals surface area contributed by atoms with Crippen molar-refractivity contribution >= 4 is 9.84 Å². The van der Waals surface area contributed by atoms with Crippen LogP contribution in [0.3, 0.4) is 0 Å². The van der Waals surface area contributed by atoms with E-state index in [1.807, 2.05) is 0 Å². The number of rotatable bonds is 7. The highest BCUT2D eigenvalue weighted by atomic mass is 32.2. The van der Waals surface area contributed by atoms with Gasteiger partial charge in [0.15, 0.2) is 0 Å². The van der Waals surface area contributed by atoms with E-state index < -0.39 is 9.84 Å². The van der Waals surface area contributed by atoms with Gasteiger partial charge in [-0.3, -0.25) is 11.3 Å². The molecule has 3 N–H and O–H groups in total. The van der Waals surface area contributed by atoms with Crippen molar-refractivity contribution in [2.24, 2.45) is 11.8 Å². The molecule has 0 radical (unpaired) electrons. The molecule has 0 rings (SSSR count). The van der Waals surface area contributed by atoms with Crippen LogP contribution in [0.1, 0.15) is 33.1 Å². The molecule has 4 nitrogen and oxygen atoms in total. The molecule has 0 aromatic rings. The second kappa shape index (κ2) is 6.37. The molecular weight excluding hydrogens is 200 g/mol. The van der Waals surface area contributed by atoms with Crippen molar-refractivity contribution in [3.05, 3.63) is 0 Å². The minimum atomic E-state index is -2.83. The smallest absolute Gasteiger partial charge is 0.147 e. The first-order chi connectivity index (χ1) is 6.40. The number of hydrogen-bond acceptors (Lipinski definition) is 4. The zero-order valence-corrected chi connectivity index (χ0v) is 10.1. The van der Waals surface area contributed by atoms with Gasteiger partial charge in [-0.15, -0.1) is 0 Å². The third-order valence-electron chi connectivity index (χ3n) is 2.58. The molecule has 0 saturated carbocycles. The summed E-state index contributed by atoms with van der Waals surface area (Å²) >= 11 is 0. The average Bonchev–Trinajstić information content (AvgIpc) is 2.09. The van der Waals surface area contributed by atoms with Crippen molar-refractivity contribution in [2.75, 3.05) is 12.0 Å². The predicted molar refractivity (Wildman–Crippen MR) is 59.5 cm³/mol. The maximum absolute atomic E-state index is 10.9. The molecule has 0 saturated heterocycles. The third-order valence-corrected chi connectivity index (χ3v) is 3.61. The fourth-order valence-electron chi connectivity index (χ4n) is 1.38. The molecule has 0 aromatic heterocycles. The first-order valence-electron chi connectivity index (χ1n) is 5.04. The molecule has 0 spiro atoms. The van der Waals surface area contributed by atoms with E-state index in [1.54, 1.807) is 0 Å². The van der Waals surface area contributed by atoms with Crippen LogP contribution in [0.15, 0.2) is 0 Å². The number of nitrogens with one attached hydrogen (secondary N) is 1. The highest BCUT2D eigenvalue weighted by Gasteiger charge is 2.14. The third kappa shape index (κ3) is 6.34. The zero-order valence-electron chi connectivity index (χ0n) is 9.29. The normalized spacial score (nSPS) is 16.6. The van der Waals surface area contributed by atoms with Gasteiger partial charge in [0, 0.05) is 18.1 Å². The Kier molecular flexibility index (Phi) is 6.31. The van der Waals surface area contributed by atoms with Crippen molar-refractivity contribution in [1.29, 1.82) is 0 Å². The van der Waals surface area contributed by atoms with Crippen LogP contribution >= 0.6 is 0 Å². The number of hydrogen-bond donors (Lipinski definition) is 2. The van der Waals surface area contributed by atoms with Crippen LogP contribution in [0, 0.1) is 5.92 Å². The maximum atomic E-state index is 10.9. The van der Waals surface area contributed by atoms with Gasteiger partial charge in [0.25, 0.3) is 0 Å². The van der Waals surface area contributed by atoms with Crippen LogP contribution < -0.4 is 11.3 Å². The Morgan fingerprint density at radius 1 is 1.43 bits per heavy atom. The molecule has 0 aromatic carbocycles. The fourth-order valence-corrected chi connectivity index (χ4v) is 2.07. The second-order valence-corrected chi connectivity index (χ2v) is 6.19. The summed E-state index contributed by atoms with van der Waals surface area (Å²) in [6.45, 7) is 4.22. The van der Waals surface area contributed by atoms with Crippen LogP contribution in [-0.4, -0.2) is 26.5 Å². The van der Waals surface area contributed by atoms with Crippen molar-refractivity contribution in [2.45, 2.75) is 39.2 Å². The molecule has 14 heavy (non-hydrogen) atoms. The number of hydrazine groups is 1. The molecule has 0 bridgehead atoms. The second-order valence-electron chi connectivity index (χ2n) is 3.93. The highest BCUT2D eigenvalue weighted by molar-refractivity contribution is 7.90. The first-order valence-corrected chi connectivity index (χ1v) is 7.10. The summed E-state index contributed by atoms with van der Waals surface area (Å²) in [5.41, 5.74) is 2.74. The summed E-state index contributed by atoms with van der Waals surface area (Å²) in [5.74, 6) is 6.14. The fraction of sp³-hybridized carbons (Fsp3) is 1.00. The molecule has 0 aliphatic heterocycles. The van der Waals surface area contributed by atoms with Gasteiger partial charge in [-0.05, 0) is 18.8 Å². The van der Waals surface area contributed by atoms with Gasteiger partial charge in [-0.1, -0.05) is 20.3 Å². The summed E-state index contributed by atoms with van der Waals surface area (Å²) < 4.78 is 21.8. The predicted octanol–water partition coefficient (Wildman–Crippen LogP) is 0.689. The Balaban J connectivity index is 3.85. The van der Waals surface area contributed by atoms with E-state index in [9.17, 15) is 8.42 Å². The number of nitrogens with two attached hydrogens (primary N) is 1. The molecule has 0 amide bonds. The van der Waals surface area contributed by atoms with Crippen molar-refractivity contribution in [3.8, 4) is 0 Å². The molecule has 86 valence electrons. The molecule has 2 unspecified atom stereocenters. The quantitative estimate of drug-likeness (QED) is 0.491. The molecule has 5 heteroatoms. The van der Waals surface area contributed by atoms with Crippen LogP contribution in [0.5, 0.6) is 0 Å². The summed E-state index contributed by atoms with van der Waals surface area (Å²) in [7, 11) is -2.83. The van der Waals surface area contributed by atoms with Crippen LogP contribution in [0.4, 0.5) is 0 Å². The first kappa shape index (κ1) is 13.9. The van der Waals surface area contributed by atoms with Crippen molar-refractivity contribution in [3.63, 3.8) is 0 Å². The molecular formula is C9H22N2O2S. The van der Waals surface area contributed by atoms with E-state index >= 15 is 0 Å². The highest BCUT2D eigenvalue weighted by Crippen LogP contribution is 2.12. The average molecular weight is 222 g/mol. The Morgan fingerprint density at radius 3 is 2.36 bits per heavy atom. The molecule has 0 aliphatic rings. The van der Waals surface area contributed by atoms with Gasteiger partial charge in [0.1, 0.15) is 9.84 Å². The van der Waals surface area contributed by atoms with Gasteiger partial charge in [-0.2, -0.15) is 0 Å². The van der Waals surface area contributed by atoms with Crippen molar-refractivity contribution in [1.82, 2.24) is 5.43 Å². The molecule has 0 aliphatic carbocycles. The lowest BCUT2D eigenvalue weighted by Gasteiger charge is -2.21. The lowest BCUT2D eigenvalue weighted by Crippen LogP contribution is -2.39. The lowest BCUT2D eigenvalue weighted by atomic mass is 9.96. The van der Waals surface area contributed by atoms with Crippen LogP contribution in [0.25, 0.3) is 0 Å². The molecule has 2 atom stereocenters. The van der Waals surface area contributed by atoms with E-state index in [1.165, 1.54) is 6.26 Å². The van der Waals surface area contributed by atoms with Crippen LogP contribution in [-0.2, 0) is 9.84 Å². The van der Waals surface area contributed by atoms with Crippen LogP contribution in [0.2, 0.25) is 0 Å². The van der Waals surface area contributed by atoms with Gasteiger partial charge in [0.2, 0.25) is 0 Å². The van der Waals surface area contributed by atoms with E-state index in [2.05, 4.69) is 19.3 Å². The van der Waals surface area contributed by atoms with Gasteiger partial charge < -0.3 is 0 Å². The molecule has 0 heterocycles.